The summed E-state index contributed by atoms with van der Waals surface area (Å²) in [6, 6.07) is 0. The number of hydrogen-bond acceptors (Lipinski definition) is 2. The van der Waals surface area contributed by atoms with E-state index in [9.17, 15) is 0 Å². The first-order chi connectivity index (χ1) is 8.34. The maximum atomic E-state index is 4.85. The van der Waals surface area contributed by atoms with Crippen LogP contribution in [0.4, 0.5) is 0 Å². The third-order valence-electron chi connectivity index (χ3n) is 4.96. The van der Waals surface area contributed by atoms with Crippen molar-refractivity contribution in [3.8, 4) is 0 Å². The van der Waals surface area contributed by atoms with E-state index in [1.807, 2.05) is 0 Å². The molecule has 0 saturated heterocycles. The zero-order valence-corrected chi connectivity index (χ0v) is 10.8. The Labute approximate surface area is 103 Å². The number of nitrogens with zero attached hydrogens (tertiary/aromatic N) is 2. The van der Waals surface area contributed by atoms with Gasteiger partial charge in [-0.05, 0) is 32.1 Å². The lowest BCUT2D eigenvalue weighted by molar-refractivity contribution is 0.399. The van der Waals surface area contributed by atoms with Crippen LogP contribution < -0.4 is 0 Å². The fourth-order valence-corrected chi connectivity index (χ4v) is 3.68. The molecule has 2 saturated carbocycles. The van der Waals surface area contributed by atoms with Gasteiger partial charge in [-0.3, -0.25) is 5.10 Å². The van der Waals surface area contributed by atoms with E-state index in [-0.39, 0.29) is 0 Å². The Morgan fingerprint density at radius 1 is 1.18 bits per heavy atom. The molecule has 94 valence electrons. The van der Waals surface area contributed by atoms with Crippen molar-refractivity contribution in [2.45, 2.75) is 76.0 Å². The van der Waals surface area contributed by atoms with Crippen LogP contribution in [0.15, 0.2) is 0 Å². The molecule has 2 aliphatic rings. The van der Waals surface area contributed by atoms with Crippen LogP contribution >= 0.6 is 0 Å². The van der Waals surface area contributed by atoms with Crippen LogP contribution in [0.25, 0.3) is 0 Å². The summed E-state index contributed by atoms with van der Waals surface area (Å²) in [5.41, 5.74) is 0.299. The predicted octanol–water partition coefficient (Wildman–Crippen LogP) is 3.68. The molecule has 1 aromatic heterocycles. The van der Waals surface area contributed by atoms with Crippen molar-refractivity contribution in [1.29, 1.82) is 0 Å². The van der Waals surface area contributed by atoms with Gasteiger partial charge < -0.3 is 0 Å². The van der Waals surface area contributed by atoms with Gasteiger partial charge >= 0.3 is 0 Å². The molecule has 1 N–H and O–H groups in total. The van der Waals surface area contributed by atoms with Gasteiger partial charge in [-0.2, -0.15) is 5.10 Å². The van der Waals surface area contributed by atoms with E-state index in [0.717, 1.165) is 11.6 Å². The molecule has 0 bridgehead atoms. The lowest BCUT2D eigenvalue weighted by Crippen LogP contribution is -2.22. The Bertz CT molecular complexity index is 371. The molecule has 3 nitrogen and oxygen atoms in total. The van der Waals surface area contributed by atoms with E-state index in [2.05, 4.69) is 17.1 Å². The molecule has 0 spiro atoms. The van der Waals surface area contributed by atoms with E-state index in [4.69, 9.17) is 4.98 Å². The molecule has 17 heavy (non-hydrogen) atoms. The van der Waals surface area contributed by atoms with Crippen molar-refractivity contribution in [3.05, 3.63) is 11.6 Å². The maximum Gasteiger partial charge on any atom is 0.156 e. The molecule has 0 atom stereocenters. The molecular formula is C14H23N3. The number of aromatic nitrogens is 3. The monoisotopic (exact) mass is 233 g/mol. The summed E-state index contributed by atoms with van der Waals surface area (Å²) in [5.74, 6) is 2.93. The lowest BCUT2D eigenvalue weighted by Gasteiger charge is -2.23. The molecule has 1 aromatic rings. The van der Waals surface area contributed by atoms with Gasteiger partial charge in [0, 0.05) is 11.3 Å². The number of aromatic amines is 1. The van der Waals surface area contributed by atoms with Crippen LogP contribution in [0.5, 0.6) is 0 Å². The first kappa shape index (κ1) is 11.2. The molecule has 2 aliphatic carbocycles. The minimum atomic E-state index is 0.299. The largest absolute Gasteiger partial charge is 0.263 e. The number of nitrogens with one attached hydrogen (secondary N) is 1. The van der Waals surface area contributed by atoms with Gasteiger partial charge in [-0.1, -0.05) is 32.6 Å². The van der Waals surface area contributed by atoms with Crippen LogP contribution in [-0.2, 0) is 5.41 Å². The smallest absolute Gasteiger partial charge is 0.156 e. The molecule has 0 aromatic carbocycles. The SMILES string of the molecule is CCC1(c2n[nH]c(C3CCCC3)n2)CCCC1. The average molecular weight is 233 g/mol. The molecular weight excluding hydrogens is 210 g/mol. The Balaban J connectivity index is 1.83. The summed E-state index contributed by atoms with van der Waals surface area (Å²) < 4.78 is 0. The maximum absolute atomic E-state index is 4.85. The normalized spacial score (nSPS) is 24.5. The third kappa shape index (κ3) is 1.90. The van der Waals surface area contributed by atoms with Gasteiger partial charge in [-0.15, -0.1) is 0 Å². The van der Waals surface area contributed by atoms with Gasteiger partial charge in [0.1, 0.15) is 5.82 Å². The number of hydrogen-bond donors (Lipinski definition) is 1. The van der Waals surface area contributed by atoms with Crippen molar-refractivity contribution in [2.75, 3.05) is 0 Å². The number of rotatable bonds is 3. The minimum absolute atomic E-state index is 0.299. The van der Waals surface area contributed by atoms with Gasteiger partial charge in [-0.25, -0.2) is 4.98 Å². The highest BCUT2D eigenvalue weighted by Crippen LogP contribution is 2.42. The van der Waals surface area contributed by atoms with E-state index in [1.165, 1.54) is 57.8 Å². The van der Waals surface area contributed by atoms with E-state index in [1.54, 1.807) is 0 Å². The van der Waals surface area contributed by atoms with Gasteiger partial charge in [0.15, 0.2) is 5.82 Å². The first-order valence-electron chi connectivity index (χ1n) is 7.27. The van der Waals surface area contributed by atoms with Crippen LogP contribution in [0.1, 0.15) is 82.3 Å². The number of H-pyrrole nitrogens is 1. The Hall–Kier alpha value is -0.860. The molecule has 3 rings (SSSR count). The average Bonchev–Trinajstić information content (AvgIpc) is 3.10. The zero-order valence-electron chi connectivity index (χ0n) is 10.8. The second-order valence-corrected chi connectivity index (χ2v) is 5.87. The molecule has 1 heterocycles. The molecule has 2 fully saturated rings. The van der Waals surface area contributed by atoms with Gasteiger partial charge in [0.25, 0.3) is 0 Å². The molecule has 3 heteroatoms. The van der Waals surface area contributed by atoms with Crippen LogP contribution in [0.3, 0.4) is 0 Å². The van der Waals surface area contributed by atoms with Crippen molar-refractivity contribution in [1.82, 2.24) is 15.2 Å². The fourth-order valence-electron chi connectivity index (χ4n) is 3.68. The van der Waals surface area contributed by atoms with Crippen molar-refractivity contribution in [3.63, 3.8) is 0 Å². The Kier molecular flexibility index (Phi) is 2.93. The summed E-state index contributed by atoms with van der Waals surface area (Å²) in [6.07, 6.45) is 11.8. The highest BCUT2D eigenvalue weighted by molar-refractivity contribution is 5.12. The molecule has 0 aliphatic heterocycles. The van der Waals surface area contributed by atoms with E-state index in [0.29, 0.717) is 11.3 Å². The second kappa shape index (κ2) is 4.43. The van der Waals surface area contributed by atoms with Crippen molar-refractivity contribution >= 4 is 0 Å². The van der Waals surface area contributed by atoms with E-state index < -0.39 is 0 Å². The summed E-state index contributed by atoms with van der Waals surface area (Å²) in [4.78, 5) is 4.85. The second-order valence-electron chi connectivity index (χ2n) is 5.87. The van der Waals surface area contributed by atoms with Crippen LogP contribution in [0.2, 0.25) is 0 Å². The summed E-state index contributed by atoms with van der Waals surface area (Å²) in [6.45, 7) is 2.29. The highest BCUT2D eigenvalue weighted by atomic mass is 15.2. The van der Waals surface area contributed by atoms with Crippen LogP contribution in [0, 0.1) is 0 Å². The minimum Gasteiger partial charge on any atom is -0.263 e. The fraction of sp³-hybridized carbons (Fsp3) is 0.857. The molecule has 0 radical (unpaired) electrons. The molecule has 0 amide bonds. The lowest BCUT2D eigenvalue weighted by atomic mass is 9.83. The highest BCUT2D eigenvalue weighted by Gasteiger charge is 2.38. The zero-order chi connectivity index (χ0) is 11.7. The van der Waals surface area contributed by atoms with Crippen molar-refractivity contribution < 1.29 is 0 Å². The quantitative estimate of drug-likeness (QED) is 0.865. The summed E-state index contributed by atoms with van der Waals surface area (Å²) in [5, 5.41) is 7.77. The van der Waals surface area contributed by atoms with Gasteiger partial charge in [0.2, 0.25) is 0 Å². The Morgan fingerprint density at radius 2 is 1.88 bits per heavy atom. The van der Waals surface area contributed by atoms with E-state index >= 15 is 0 Å². The van der Waals surface area contributed by atoms with Crippen molar-refractivity contribution in [2.24, 2.45) is 0 Å². The summed E-state index contributed by atoms with van der Waals surface area (Å²) in [7, 11) is 0. The predicted molar refractivity (Wildman–Crippen MR) is 68.0 cm³/mol. The Morgan fingerprint density at radius 3 is 2.53 bits per heavy atom. The van der Waals surface area contributed by atoms with Crippen LogP contribution in [-0.4, -0.2) is 15.2 Å². The van der Waals surface area contributed by atoms with Gasteiger partial charge in [0.05, 0.1) is 0 Å². The standard InChI is InChI=1S/C14H23N3/c1-2-14(9-5-6-10-14)13-15-12(16-17-13)11-7-3-4-8-11/h11H,2-10H2,1H3,(H,15,16,17). The first-order valence-corrected chi connectivity index (χ1v) is 7.27. The third-order valence-corrected chi connectivity index (χ3v) is 4.96. The topological polar surface area (TPSA) is 41.6 Å². The molecule has 0 unspecified atom stereocenters. The summed E-state index contributed by atoms with van der Waals surface area (Å²) >= 11 is 0.